The average molecular weight is 354 g/mol. The molecular formula is C16H20BrNO3. The molecule has 21 heavy (non-hydrogen) atoms. The van der Waals surface area contributed by atoms with Crippen LogP contribution < -0.4 is 5.76 Å². The molecule has 114 valence electrons. The summed E-state index contributed by atoms with van der Waals surface area (Å²) in [5.41, 5.74) is 2.65. The molecule has 1 heterocycles. The summed E-state index contributed by atoms with van der Waals surface area (Å²) < 4.78 is 12.7. The summed E-state index contributed by atoms with van der Waals surface area (Å²) in [5, 5.41) is 0. The van der Waals surface area contributed by atoms with Gasteiger partial charge in [0.2, 0.25) is 0 Å². The van der Waals surface area contributed by atoms with Crippen LogP contribution in [-0.4, -0.2) is 17.3 Å². The summed E-state index contributed by atoms with van der Waals surface area (Å²) in [7, 11) is 1.79. The molecule has 1 fully saturated rings. The molecule has 0 bridgehead atoms. The van der Waals surface area contributed by atoms with E-state index in [-0.39, 0.29) is 16.2 Å². The number of alkyl halides is 1. The predicted octanol–water partition coefficient (Wildman–Crippen LogP) is 4.01. The van der Waals surface area contributed by atoms with Crippen LogP contribution in [0.5, 0.6) is 0 Å². The van der Waals surface area contributed by atoms with Gasteiger partial charge in [-0.15, -0.1) is 0 Å². The highest BCUT2D eigenvalue weighted by Crippen LogP contribution is 2.44. The Balaban J connectivity index is 1.88. The lowest BCUT2D eigenvalue weighted by Gasteiger charge is -2.42. The van der Waals surface area contributed by atoms with E-state index in [1.54, 1.807) is 11.7 Å². The number of hydrogen-bond acceptors (Lipinski definition) is 3. The van der Waals surface area contributed by atoms with Gasteiger partial charge in [0.1, 0.15) is 0 Å². The van der Waals surface area contributed by atoms with Crippen molar-refractivity contribution in [3.05, 3.63) is 34.3 Å². The Hall–Kier alpha value is -1.07. The van der Waals surface area contributed by atoms with Crippen molar-refractivity contribution in [1.29, 1.82) is 0 Å². The second kappa shape index (κ2) is 5.61. The minimum atomic E-state index is -0.289. The fraction of sp³-hybridized carbons (Fsp3) is 0.562. The molecule has 1 saturated carbocycles. The van der Waals surface area contributed by atoms with E-state index in [0.29, 0.717) is 12.1 Å². The summed E-state index contributed by atoms with van der Waals surface area (Å²) in [6, 6.07) is 5.99. The summed E-state index contributed by atoms with van der Waals surface area (Å²) >= 11 is 3.76. The van der Waals surface area contributed by atoms with Crippen LogP contribution in [0.3, 0.4) is 0 Å². The van der Waals surface area contributed by atoms with Gasteiger partial charge in [0, 0.05) is 18.5 Å². The molecule has 4 nitrogen and oxygen atoms in total. The summed E-state index contributed by atoms with van der Waals surface area (Å²) in [4.78, 5) is 12.0. The van der Waals surface area contributed by atoms with Crippen LogP contribution in [0.2, 0.25) is 0 Å². The molecule has 0 amide bonds. The van der Waals surface area contributed by atoms with E-state index >= 15 is 0 Å². The highest BCUT2D eigenvalue weighted by Gasteiger charge is 2.38. The number of fused-ring (bicyclic) bond motifs is 1. The minimum Gasteiger partial charge on any atom is -0.408 e. The third kappa shape index (κ3) is 2.57. The van der Waals surface area contributed by atoms with Crippen LogP contribution in [-0.2, 0) is 11.3 Å². The van der Waals surface area contributed by atoms with Gasteiger partial charge in [-0.05, 0) is 50.3 Å². The van der Waals surface area contributed by atoms with E-state index in [2.05, 4.69) is 22.0 Å². The number of hydrogen-bond donors (Lipinski definition) is 0. The van der Waals surface area contributed by atoms with Crippen LogP contribution in [0.4, 0.5) is 0 Å². The second-order valence-electron chi connectivity index (χ2n) is 5.75. The number of oxazole rings is 1. The van der Waals surface area contributed by atoms with Crippen LogP contribution >= 0.6 is 15.9 Å². The van der Waals surface area contributed by atoms with E-state index in [0.717, 1.165) is 30.3 Å². The Morgan fingerprint density at radius 1 is 1.48 bits per heavy atom. The Kier molecular flexibility index (Phi) is 3.97. The molecule has 1 aromatic carbocycles. The molecule has 0 N–H and O–H groups in total. The molecule has 5 heteroatoms. The molecule has 0 aliphatic heterocycles. The number of methoxy groups -OCH3 is 1. The summed E-state index contributed by atoms with van der Waals surface area (Å²) in [6.07, 6.45) is 4.42. The zero-order chi connectivity index (χ0) is 15.0. The molecule has 1 aliphatic rings. The number of ether oxygens (including phenoxy) is 1. The number of rotatable bonds is 5. The molecule has 1 atom stereocenters. The van der Waals surface area contributed by atoms with Crippen LogP contribution in [0, 0.1) is 0 Å². The van der Waals surface area contributed by atoms with Crippen molar-refractivity contribution in [2.45, 2.75) is 49.6 Å². The van der Waals surface area contributed by atoms with Crippen molar-refractivity contribution in [3.63, 3.8) is 0 Å². The lowest BCUT2D eigenvalue weighted by molar-refractivity contribution is -0.0773. The highest BCUT2D eigenvalue weighted by atomic mass is 79.9. The number of halogens is 1. The molecule has 2 aromatic rings. The van der Waals surface area contributed by atoms with Gasteiger partial charge in [-0.25, -0.2) is 4.79 Å². The first kappa shape index (κ1) is 14.9. The zero-order valence-electron chi connectivity index (χ0n) is 12.4. The van der Waals surface area contributed by atoms with Crippen molar-refractivity contribution in [2.75, 3.05) is 7.11 Å². The topological polar surface area (TPSA) is 44.4 Å². The fourth-order valence-electron chi connectivity index (χ4n) is 3.08. The minimum absolute atomic E-state index is 0.0132. The van der Waals surface area contributed by atoms with Crippen LogP contribution in [0.1, 0.15) is 43.0 Å². The van der Waals surface area contributed by atoms with Crippen molar-refractivity contribution < 1.29 is 9.15 Å². The SMILES string of the molecule is CCn1c(=O)oc2cc(C(Br)CC3(OC)CCC3)ccc21. The molecule has 0 saturated heterocycles. The van der Waals surface area contributed by atoms with Crippen LogP contribution in [0.25, 0.3) is 11.1 Å². The third-order valence-electron chi connectivity index (χ3n) is 4.62. The Bertz CT molecular complexity index is 694. The number of nitrogens with zero attached hydrogens (tertiary/aromatic N) is 1. The Morgan fingerprint density at radius 2 is 2.24 bits per heavy atom. The van der Waals surface area contributed by atoms with E-state index in [1.165, 1.54) is 6.42 Å². The quantitative estimate of drug-likeness (QED) is 0.762. The first-order chi connectivity index (χ1) is 10.1. The maximum Gasteiger partial charge on any atom is 0.419 e. The predicted molar refractivity (Wildman–Crippen MR) is 86.0 cm³/mol. The van der Waals surface area contributed by atoms with Gasteiger partial charge in [0.05, 0.1) is 11.1 Å². The first-order valence-electron chi connectivity index (χ1n) is 7.41. The third-order valence-corrected chi connectivity index (χ3v) is 5.47. The van der Waals surface area contributed by atoms with Gasteiger partial charge in [0.25, 0.3) is 0 Å². The summed E-state index contributed by atoms with van der Waals surface area (Å²) in [5.74, 6) is -0.289. The molecular weight excluding hydrogens is 334 g/mol. The maximum absolute atomic E-state index is 11.7. The average Bonchev–Trinajstić information content (AvgIpc) is 2.76. The zero-order valence-corrected chi connectivity index (χ0v) is 14.0. The Labute approximate surface area is 132 Å². The molecule has 1 aliphatic carbocycles. The van der Waals surface area contributed by atoms with E-state index < -0.39 is 0 Å². The van der Waals surface area contributed by atoms with Crippen molar-refractivity contribution in [3.8, 4) is 0 Å². The normalized spacial score (nSPS) is 18.6. The van der Waals surface area contributed by atoms with Gasteiger partial charge in [0.15, 0.2) is 5.58 Å². The second-order valence-corrected chi connectivity index (χ2v) is 6.86. The van der Waals surface area contributed by atoms with E-state index in [1.807, 2.05) is 19.1 Å². The van der Waals surface area contributed by atoms with Gasteiger partial charge in [-0.3, -0.25) is 4.57 Å². The number of benzene rings is 1. The molecule has 0 spiro atoms. The number of aryl methyl sites for hydroxylation is 1. The molecule has 1 unspecified atom stereocenters. The van der Waals surface area contributed by atoms with Gasteiger partial charge in [-0.2, -0.15) is 0 Å². The van der Waals surface area contributed by atoms with Gasteiger partial charge in [-0.1, -0.05) is 22.0 Å². The van der Waals surface area contributed by atoms with E-state index in [9.17, 15) is 4.79 Å². The lowest BCUT2D eigenvalue weighted by Crippen LogP contribution is -2.39. The van der Waals surface area contributed by atoms with Crippen molar-refractivity contribution in [1.82, 2.24) is 4.57 Å². The molecule has 1 aromatic heterocycles. The lowest BCUT2D eigenvalue weighted by atomic mass is 9.76. The highest BCUT2D eigenvalue weighted by molar-refractivity contribution is 9.09. The molecule has 0 radical (unpaired) electrons. The smallest absolute Gasteiger partial charge is 0.408 e. The molecule has 3 rings (SSSR count). The van der Waals surface area contributed by atoms with E-state index in [4.69, 9.17) is 9.15 Å². The summed E-state index contributed by atoms with van der Waals surface area (Å²) in [6.45, 7) is 2.56. The van der Waals surface area contributed by atoms with Crippen LogP contribution in [0.15, 0.2) is 27.4 Å². The van der Waals surface area contributed by atoms with Crippen molar-refractivity contribution in [2.24, 2.45) is 0 Å². The standard InChI is InChI=1S/C16H20BrNO3/c1-3-18-13-6-5-11(9-14(13)21-15(18)19)12(17)10-16(20-2)7-4-8-16/h5-6,9,12H,3-4,7-8,10H2,1-2H3. The fourth-order valence-corrected chi connectivity index (χ4v) is 3.96. The van der Waals surface area contributed by atoms with Gasteiger partial charge >= 0.3 is 5.76 Å². The maximum atomic E-state index is 11.7. The first-order valence-corrected chi connectivity index (χ1v) is 8.32. The Morgan fingerprint density at radius 3 is 2.81 bits per heavy atom. The van der Waals surface area contributed by atoms with Crippen molar-refractivity contribution >= 4 is 27.0 Å². The number of aromatic nitrogens is 1. The van der Waals surface area contributed by atoms with Gasteiger partial charge < -0.3 is 9.15 Å². The largest absolute Gasteiger partial charge is 0.419 e. The monoisotopic (exact) mass is 353 g/mol.